The molecule has 0 atom stereocenters. The van der Waals surface area contributed by atoms with Crippen LogP contribution in [-0.2, 0) is 0 Å². The third kappa shape index (κ3) is 3.77. The SMILES string of the molecule is O=C(/C=C/c1ccc2c(c1)OCCCO2)c1cc([N+](=O)[O-])ccc1O. The highest BCUT2D eigenvalue weighted by molar-refractivity contribution is 6.09. The average molecular weight is 341 g/mol. The Morgan fingerprint density at radius 3 is 2.64 bits per heavy atom. The molecular formula is C18H15NO6. The Labute approximate surface area is 143 Å². The molecule has 1 aliphatic rings. The number of rotatable bonds is 4. The maximum absolute atomic E-state index is 12.2. The van der Waals surface area contributed by atoms with Crippen molar-refractivity contribution in [3.8, 4) is 17.2 Å². The van der Waals surface area contributed by atoms with E-state index >= 15 is 0 Å². The lowest BCUT2D eigenvalue weighted by atomic mass is 10.1. The van der Waals surface area contributed by atoms with Crippen LogP contribution in [0.1, 0.15) is 22.3 Å². The van der Waals surface area contributed by atoms with E-state index in [1.54, 1.807) is 24.3 Å². The van der Waals surface area contributed by atoms with Gasteiger partial charge >= 0.3 is 0 Å². The molecule has 0 spiro atoms. The Bertz CT molecular complexity index is 859. The van der Waals surface area contributed by atoms with Crippen LogP contribution in [-0.4, -0.2) is 29.0 Å². The standard InChI is InChI=1S/C18H15NO6/c20-15(14-11-13(19(22)23)4-6-16(14)21)5-2-12-3-7-17-18(10-12)25-9-1-8-24-17/h2-7,10-11,21H,1,8-9H2/b5-2+. The second-order valence-corrected chi connectivity index (χ2v) is 5.41. The summed E-state index contributed by atoms with van der Waals surface area (Å²) in [7, 11) is 0. The molecule has 1 N–H and O–H groups in total. The number of benzene rings is 2. The monoisotopic (exact) mass is 341 g/mol. The Morgan fingerprint density at radius 1 is 1.12 bits per heavy atom. The number of fused-ring (bicyclic) bond motifs is 1. The molecule has 0 amide bonds. The zero-order valence-corrected chi connectivity index (χ0v) is 13.2. The molecule has 3 rings (SSSR count). The van der Waals surface area contributed by atoms with Crippen LogP contribution >= 0.6 is 0 Å². The van der Waals surface area contributed by atoms with Crippen LogP contribution in [0.5, 0.6) is 17.2 Å². The summed E-state index contributed by atoms with van der Waals surface area (Å²) >= 11 is 0. The number of carbonyl (C=O) groups is 1. The first-order valence-corrected chi connectivity index (χ1v) is 7.64. The van der Waals surface area contributed by atoms with Gasteiger partial charge in [-0.15, -0.1) is 0 Å². The molecule has 0 aliphatic carbocycles. The summed E-state index contributed by atoms with van der Waals surface area (Å²) in [6, 6.07) is 8.60. The van der Waals surface area contributed by atoms with Crippen molar-refractivity contribution in [3.63, 3.8) is 0 Å². The predicted molar refractivity (Wildman–Crippen MR) is 90.2 cm³/mol. The molecule has 1 aliphatic heterocycles. The van der Waals surface area contributed by atoms with Gasteiger partial charge in [-0.05, 0) is 29.8 Å². The van der Waals surface area contributed by atoms with Gasteiger partial charge in [-0.25, -0.2) is 0 Å². The zero-order valence-electron chi connectivity index (χ0n) is 13.2. The van der Waals surface area contributed by atoms with Gasteiger partial charge in [0, 0.05) is 18.6 Å². The molecule has 0 saturated carbocycles. The number of nitro benzene ring substituents is 1. The number of aromatic hydroxyl groups is 1. The fourth-order valence-electron chi connectivity index (χ4n) is 2.38. The number of hydrogen-bond acceptors (Lipinski definition) is 6. The summed E-state index contributed by atoms with van der Waals surface area (Å²) in [5.41, 5.74) is 0.326. The van der Waals surface area contributed by atoms with Crippen LogP contribution < -0.4 is 9.47 Å². The molecule has 7 nitrogen and oxygen atoms in total. The zero-order chi connectivity index (χ0) is 17.8. The maximum Gasteiger partial charge on any atom is 0.270 e. The van der Waals surface area contributed by atoms with Gasteiger partial charge in [0.15, 0.2) is 17.3 Å². The van der Waals surface area contributed by atoms with E-state index in [2.05, 4.69) is 0 Å². The van der Waals surface area contributed by atoms with Gasteiger partial charge < -0.3 is 14.6 Å². The summed E-state index contributed by atoms with van der Waals surface area (Å²) in [6.07, 6.45) is 3.59. The van der Waals surface area contributed by atoms with Crippen LogP contribution in [0, 0.1) is 10.1 Å². The first-order valence-electron chi connectivity index (χ1n) is 7.64. The molecule has 128 valence electrons. The first-order chi connectivity index (χ1) is 12.0. The van der Waals surface area contributed by atoms with Gasteiger partial charge in [-0.2, -0.15) is 0 Å². The Kier molecular flexibility index (Phi) is 4.65. The molecule has 0 saturated heterocycles. The van der Waals surface area contributed by atoms with Gasteiger partial charge in [0.25, 0.3) is 5.69 Å². The summed E-state index contributed by atoms with van der Waals surface area (Å²) in [6.45, 7) is 1.15. The number of nitrogens with zero attached hydrogens (tertiary/aromatic N) is 1. The molecule has 7 heteroatoms. The number of phenolic OH excluding ortho intramolecular Hbond substituents is 1. The van der Waals surface area contributed by atoms with Gasteiger partial charge in [0.1, 0.15) is 5.75 Å². The highest BCUT2D eigenvalue weighted by Crippen LogP contribution is 2.31. The van der Waals surface area contributed by atoms with Crippen molar-refractivity contribution in [1.82, 2.24) is 0 Å². The number of nitro groups is 1. The highest BCUT2D eigenvalue weighted by atomic mass is 16.6. The average Bonchev–Trinajstić information content (AvgIpc) is 2.84. The Hall–Kier alpha value is -3.35. The third-order valence-corrected chi connectivity index (χ3v) is 3.66. The van der Waals surface area contributed by atoms with Crippen molar-refractivity contribution in [2.24, 2.45) is 0 Å². The normalized spacial score (nSPS) is 13.4. The van der Waals surface area contributed by atoms with Crippen molar-refractivity contribution in [2.45, 2.75) is 6.42 Å². The number of ketones is 1. The van der Waals surface area contributed by atoms with Crippen LogP contribution in [0.3, 0.4) is 0 Å². The Morgan fingerprint density at radius 2 is 1.88 bits per heavy atom. The fraction of sp³-hybridized carbons (Fsp3) is 0.167. The first kappa shape index (κ1) is 16.5. The lowest BCUT2D eigenvalue weighted by Gasteiger charge is -2.07. The molecule has 1 heterocycles. The van der Waals surface area contributed by atoms with E-state index in [9.17, 15) is 20.0 Å². The minimum absolute atomic E-state index is 0.125. The highest BCUT2D eigenvalue weighted by Gasteiger charge is 2.15. The van der Waals surface area contributed by atoms with Crippen molar-refractivity contribution in [2.75, 3.05) is 13.2 Å². The predicted octanol–water partition coefficient (Wildman–Crippen LogP) is 3.36. The number of non-ortho nitro benzene ring substituents is 1. The van der Waals surface area contributed by atoms with E-state index in [1.807, 2.05) is 0 Å². The second-order valence-electron chi connectivity index (χ2n) is 5.41. The van der Waals surface area contributed by atoms with E-state index < -0.39 is 10.7 Å². The lowest BCUT2D eigenvalue weighted by Crippen LogP contribution is -1.97. The molecule has 2 aromatic carbocycles. The van der Waals surface area contributed by atoms with E-state index in [1.165, 1.54) is 6.08 Å². The number of carbonyl (C=O) groups excluding carboxylic acids is 1. The minimum atomic E-state index is -0.621. The quantitative estimate of drug-likeness (QED) is 0.396. The van der Waals surface area contributed by atoms with Crippen molar-refractivity contribution in [3.05, 3.63) is 63.7 Å². The molecule has 0 fully saturated rings. The molecular weight excluding hydrogens is 326 g/mol. The van der Waals surface area contributed by atoms with Crippen molar-refractivity contribution >= 4 is 17.5 Å². The van der Waals surface area contributed by atoms with Gasteiger partial charge in [0.2, 0.25) is 0 Å². The summed E-state index contributed by atoms with van der Waals surface area (Å²) in [4.78, 5) is 22.4. The number of phenols is 1. The molecule has 0 unspecified atom stereocenters. The van der Waals surface area contributed by atoms with Crippen LogP contribution in [0.15, 0.2) is 42.5 Å². The largest absolute Gasteiger partial charge is 0.507 e. The van der Waals surface area contributed by atoms with Crippen molar-refractivity contribution < 1.29 is 24.3 Å². The van der Waals surface area contributed by atoms with Gasteiger partial charge in [-0.3, -0.25) is 14.9 Å². The maximum atomic E-state index is 12.2. The number of hydrogen-bond donors (Lipinski definition) is 1. The Balaban J connectivity index is 1.82. The van der Waals surface area contributed by atoms with Gasteiger partial charge in [-0.1, -0.05) is 12.1 Å². The number of ether oxygens (including phenoxy) is 2. The smallest absolute Gasteiger partial charge is 0.270 e. The summed E-state index contributed by atoms with van der Waals surface area (Å²) in [5, 5.41) is 20.6. The van der Waals surface area contributed by atoms with E-state index in [0.29, 0.717) is 30.3 Å². The lowest BCUT2D eigenvalue weighted by molar-refractivity contribution is -0.384. The minimum Gasteiger partial charge on any atom is -0.507 e. The fourth-order valence-corrected chi connectivity index (χ4v) is 2.38. The second kappa shape index (κ2) is 7.04. The molecule has 0 aromatic heterocycles. The summed E-state index contributed by atoms with van der Waals surface area (Å²) < 4.78 is 11.1. The van der Waals surface area contributed by atoms with Crippen molar-refractivity contribution in [1.29, 1.82) is 0 Å². The molecule has 2 aromatic rings. The summed E-state index contributed by atoms with van der Waals surface area (Å²) in [5.74, 6) is 0.412. The number of allylic oxidation sites excluding steroid dienone is 1. The molecule has 0 bridgehead atoms. The molecule has 0 radical (unpaired) electrons. The topological polar surface area (TPSA) is 98.9 Å². The van der Waals surface area contributed by atoms with E-state index in [4.69, 9.17) is 9.47 Å². The van der Waals surface area contributed by atoms with E-state index in [-0.39, 0.29) is 17.0 Å². The van der Waals surface area contributed by atoms with Gasteiger partial charge in [0.05, 0.1) is 23.7 Å². The van der Waals surface area contributed by atoms with Crippen LogP contribution in [0.2, 0.25) is 0 Å². The van der Waals surface area contributed by atoms with E-state index in [0.717, 1.165) is 24.6 Å². The molecule has 25 heavy (non-hydrogen) atoms. The third-order valence-electron chi connectivity index (χ3n) is 3.66. The van der Waals surface area contributed by atoms with Crippen LogP contribution in [0.4, 0.5) is 5.69 Å². The van der Waals surface area contributed by atoms with Crippen LogP contribution in [0.25, 0.3) is 6.08 Å².